The standard InChI is InChI=1S/C22H37NO3S/c1-2-3-6-9-17(24)12-13-19-18(20(25)16-21(19)26)10-7-4-5-8-11-22-23-14-15-27-22/h4,7,12-13,17-21,24-26H,2-3,5-6,8-11,14-16H2,1H3/b7-4-,13-12+/t17-,18+,19+,20-,21+/m0/s1. The van der Waals surface area contributed by atoms with E-state index >= 15 is 0 Å². The third kappa shape index (κ3) is 8.10. The van der Waals surface area contributed by atoms with Crippen LogP contribution >= 0.6 is 11.8 Å². The maximum Gasteiger partial charge on any atom is 0.0721 e. The molecule has 4 nitrogen and oxygen atoms in total. The number of thioether (sulfide) groups is 1. The Bertz CT molecular complexity index is 506. The maximum atomic E-state index is 10.3. The molecule has 5 heteroatoms. The van der Waals surface area contributed by atoms with Crippen molar-refractivity contribution in [3.05, 3.63) is 24.3 Å². The lowest BCUT2D eigenvalue weighted by molar-refractivity contribution is 0.120. The van der Waals surface area contributed by atoms with Crippen molar-refractivity contribution < 1.29 is 15.3 Å². The second-order valence-electron chi connectivity index (χ2n) is 7.78. The van der Waals surface area contributed by atoms with Gasteiger partial charge in [-0.05, 0) is 38.0 Å². The molecule has 2 aliphatic rings. The Morgan fingerprint density at radius 1 is 1.19 bits per heavy atom. The summed E-state index contributed by atoms with van der Waals surface area (Å²) in [7, 11) is 0. The zero-order valence-electron chi connectivity index (χ0n) is 16.7. The predicted octanol–water partition coefficient (Wildman–Crippen LogP) is 4.10. The Labute approximate surface area is 168 Å². The van der Waals surface area contributed by atoms with Gasteiger partial charge in [0, 0.05) is 24.6 Å². The molecule has 1 aliphatic carbocycles. The van der Waals surface area contributed by atoms with E-state index in [2.05, 4.69) is 24.1 Å². The molecule has 0 aromatic carbocycles. The number of hydrogen-bond donors (Lipinski definition) is 3. The van der Waals surface area contributed by atoms with E-state index in [9.17, 15) is 15.3 Å². The molecule has 0 aromatic rings. The van der Waals surface area contributed by atoms with Gasteiger partial charge in [-0.1, -0.05) is 50.5 Å². The summed E-state index contributed by atoms with van der Waals surface area (Å²) in [4.78, 5) is 4.47. The van der Waals surface area contributed by atoms with Crippen molar-refractivity contribution in [3.63, 3.8) is 0 Å². The summed E-state index contributed by atoms with van der Waals surface area (Å²) in [6, 6.07) is 0. The van der Waals surface area contributed by atoms with Gasteiger partial charge in [0.05, 0.1) is 23.4 Å². The van der Waals surface area contributed by atoms with E-state index in [1.54, 1.807) is 0 Å². The van der Waals surface area contributed by atoms with Crippen LogP contribution in [0.15, 0.2) is 29.3 Å². The van der Waals surface area contributed by atoms with Gasteiger partial charge in [0.1, 0.15) is 0 Å². The molecule has 2 rings (SSSR count). The summed E-state index contributed by atoms with van der Waals surface area (Å²) in [5.41, 5.74) is 0. The van der Waals surface area contributed by atoms with Crippen LogP contribution in [-0.4, -0.2) is 51.0 Å². The number of aliphatic hydroxyl groups is 3. The highest BCUT2D eigenvalue weighted by atomic mass is 32.2. The normalized spacial score (nSPS) is 29.9. The van der Waals surface area contributed by atoms with Gasteiger partial charge in [0.15, 0.2) is 0 Å². The van der Waals surface area contributed by atoms with E-state index in [-0.39, 0.29) is 11.8 Å². The van der Waals surface area contributed by atoms with E-state index < -0.39 is 18.3 Å². The first-order valence-electron chi connectivity index (χ1n) is 10.7. The van der Waals surface area contributed by atoms with Crippen LogP contribution in [0.5, 0.6) is 0 Å². The number of rotatable bonds is 12. The fourth-order valence-electron chi connectivity index (χ4n) is 3.94. The van der Waals surface area contributed by atoms with Gasteiger partial charge in [-0.15, -0.1) is 11.8 Å². The quantitative estimate of drug-likeness (QED) is 0.343. The predicted molar refractivity (Wildman–Crippen MR) is 115 cm³/mol. The zero-order chi connectivity index (χ0) is 19.5. The minimum atomic E-state index is -0.519. The van der Waals surface area contributed by atoms with Gasteiger partial charge in [0.2, 0.25) is 0 Å². The molecule has 1 fully saturated rings. The third-order valence-corrected chi connectivity index (χ3v) is 6.61. The lowest BCUT2D eigenvalue weighted by Gasteiger charge is -2.19. The van der Waals surface area contributed by atoms with Crippen molar-refractivity contribution in [1.82, 2.24) is 0 Å². The van der Waals surface area contributed by atoms with Crippen LogP contribution in [0.3, 0.4) is 0 Å². The SMILES string of the molecule is CCCCC[C@H](O)/C=C/[C@@H]1[C@@H](C/C=C\CCCC2=NCCS2)[C@@H](O)C[C@H]1O. The van der Waals surface area contributed by atoms with Gasteiger partial charge in [-0.2, -0.15) is 0 Å². The molecule has 27 heavy (non-hydrogen) atoms. The van der Waals surface area contributed by atoms with Crippen molar-refractivity contribution >= 4 is 16.8 Å². The summed E-state index contributed by atoms with van der Waals surface area (Å²) < 4.78 is 0. The van der Waals surface area contributed by atoms with Crippen molar-refractivity contribution in [3.8, 4) is 0 Å². The second kappa shape index (κ2) is 12.8. The van der Waals surface area contributed by atoms with Crippen LogP contribution in [0.4, 0.5) is 0 Å². The smallest absolute Gasteiger partial charge is 0.0721 e. The number of nitrogens with zero attached hydrogens (tertiary/aromatic N) is 1. The second-order valence-corrected chi connectivity index (χ2v) is 8.95. The first-order valence-corrected chi connectivity index (χ1v) is 11.6. The van der Waals surface area contributed by atoms with Crippen LogP contribution in [0.25, 0.3) is 0 Å². The third-order valence-electron chi connectivity index (χ3n) is 5.56. The molecule has 1 aliphatic heterocycles. The number of aliphatic imine (C=N–C) groups is 1. The molecule has 5 atom stereocenters. The number of aliphatic hydroxyl groups excluding tert-OH is 3. The van der Waals surface area contributed by atoms with Crippen LogP contribution in [0.1, 0.15) is 64.7 Å². The topological polar surface area (TPSA) is 73.1 Å². The highest BCUT2D eigenvalue weighted by molar-refractivity contribution is 8.14. The van der Waals surface area contributed by atoms with Crippen molar-refractivity contribution in [1.29, 1.82) is 0 Å². The Morgan fingerprint density at radius 2 is 2.04 bits per heavy atom. The number of unbranched alkanes of at least 4 members (excludes halogenated alkanes) is 3. The van der Waals surface area contributed by atoms with Gasteiger partial charge >= 0.3 is 0 Å². The summed E-state index contributed by atoms with van der Waals surface area (Å²) >= 11 is 1.88. The fraction of sp³-hybridized carbons (Fsp3) is 0.773. The molecule has 0 amide bonds. The molecule has 1 heterocycles. The average Bonchev–Trinajstić information content (AvgIpc) is 3.24. The van der Waals surface area contributed by atoms with E-state index in [1.165, 1.54) is 5.04 Å². The Hall–Kier alpha value is -0.620. The zero-order valence-corrected chi connectivity index (χ0v) is 17.5. The van der Waals surface area contributed by atoms with E-state index in [4.69, 9.17) is 0 Å². The molecule has 0 saturated heterocycles. The average molecular weight is 396 g/mol. The molecule has 1 saturated carbocycles. The van der Waals surface area contributed by atoms with E-state index in [0.717, 1.165) is 63.7 Å². The monoisotopic (exact) mass is 395 g/mol. The van der Waals surface area contributed by atoms with Gasteiger partial charge in [-0.3, -0.25) is 4.99 Å². The van der Waals surface area contributed by atoms with E-state index in [0.29, 0.717) is 6.42 Å². The minimum Gasteiger partial charge on any atom is -0.393 e. The summed E-state index contributed by atoms with van der Waals surface area (Å²) in [5.74, 6) is 1.09. The lowest BCUT2D eigenvalue weighted by atomic mass is 9.89. The lowest BCUT2D eigenvalue weighted by Crippen LogP contribution is -2.20. The summed E-state index contributed by atoms with van der Waals surface area (Å²) in [6.45, 7) is 3.12. The first-order chi connectivity index (χ1) is 13.1. The molecular formula is C22H37NO3S. The number of allylic oxidation sites excluding steroid dienone is 2. The minimum absolute atomic E-state index is 0.0325. The van der Waals surface area contributed by atoms with E-state index in [1.807, 2.05) is 23.9 Å². The molecule has 0 spiro atoms. The summed E-state index contributed by atoms with van der Waals surface area (Å²) in [5, 5.41) is 32.0. The molecule has 0 bridgehead atoms. The largest absolute Gasteiger partial charge is 0.393 e. The van der Waals surface area contributed by atoms with Crippen molar-refractivity contribution in [2.75, 3.05) is 12.3 Å². The van der Waals surface area contributed by atoms with Gasteiger partial charge in [0.25, 0.3) is 0 Å². The molecule has 0 unspecified atom stereocenters. The van der Waals surface area contributed by atoms with Crippen LogP contribution in [0, 0.1) is 11.8 Å². The van der Waals surface area contributed by atoms with Gasteiger partial charge in [-0.25, -0.2) is 0 Å². The Kier molecular flexibility index (Phi) is 10.7. The first kappa shape index (κ1) is 22.7. The Balaban J connectivity index is 1.74. The maximum absolute atomic E-state index is 10.3. The number of hydrogen-bond acceptors (Lipinski definition) is 5. The van der Waals surface area contributed by atoms with Crippen LogP contribution < -0.4 is 0 Å². The summed E-state index contributed by atoms with van der Waals surface area (Å²) in [6.07, 6.45) is 15.1. The van der Waals surface area contributed by atoms with Crippen LogP contribution in [0.2, 0.25) is 0 Å². The highest BCUT2D eigenvalue weighted by Crippen LogP contribution is 2.36. The molecule has 3 N–H and O–H groups in total. The highest BCUT2D eigenvalue weighted by Gasteiger charge is 2.39. The molecule has 0 radical (unpaired) electrons. The molecular weight excluding hydrogens is 358 g/mol. The molecule has 154 valence electrons. The Morgan fingerprint density at radius 3 is 2.78 bits per heavy atom. The fourth-order valence-corrected chi connectivity index (χ4v) is 4.83. The van der Waals surface area contributed by atoms with Crippen molar-refractivity contribution in [2.45, 2.75) is 83.0 Å². The van der Waals surface area contributed by atoms with Crippen LogP contribution in [-0.2, 0) is 0 Å². The molecule has 0 aromatic heterocycles. The van der Waals surface area contributed by atoms with Crippen molar-refractivity contribution in [2.24, 2.45) is 16.8 Å². The van der Waals surface area contributed by atoms with Gasteiger partial charge < -0.3 is 15.3 Å².